The van der Waals surface area contributed by atoms with Crippen LogP contribution >= 0.6 is 23.7 Å². The number of nitrogens with two attached hydrogens (primary N) is 1. The van der Waals surface area contributed by atoms with Gasteiger partial charge >= 0.3 is 0 Å². The van der Waals surface area contributed by atoms with Crippen molar-refractivity contribution in [1.82, 2.24) is 9.88 Å². The molecule has 1 aromatic heterocycles. The van der Waals surface area contributed by atoms with Gasteiger partial charge in [0.15, 0.2) is 0 Å². The minimum Gasteiger partial charge on any atom is -0.327 e. The molecular weight excluding hydrogens is 254 g/mol. The van der Waals surface area contributed by atoms with Gasteiger partial charge in [-0.15, -0.1) is 23.7 Å². The molecule has 3 rings (SSSR count). The molecule has 1 aliphatic carbocycles. The molecule has 0 bridgehead atoms. The minimum atomic E-state index is 0. The lowest BCUT2D eigenvalue weighted by Crippen LogP contribution is -2.30. The molecule has 17 heavy (non-hydrogen) atoms. The summed E-state index contributed by atoms with van der Waals surface area (Å²) in [7, 11) is 0. The van der Waals surface area contributed by atoms with Crippen molar-refractivity contribution in [2.45, 2.75) is 32.4 Å². The molecule has 1 aliphatic heterocycles. The highest BCUT2D eigenvalue weighted by Gasteiger charge is 2.40. The van der Waals surface area contributed by atoms with Gasteiger partial charge in [0.05, 0.1) is 10.7 Å². The molecule has 0 spiro atoms. The standard InChI is InChI=1S/C12H19N3S.ClH/c1-8-14-10(7-16-8)5-15-4-9-2-3-12(13)11(9)6-15;/h7,9,11-12H,2-6,13H2,1H3;1H. The Hall–Kier alpha value is -0.160. The second-order valence-corrected chi connectivity index (χ2v) is 6.28. The molecule has 1 aromatic rings. The van der Waals surface area contributed by atoms with Gasteiger partial charge in [-0.2, -0.15) is 0 Å². The highest BCUT2D eigenvalue weighted by Crippen LogP contribution is 2.37. The monoisotopic (exact) mass is 273 g/mol. The van der Waals surface area contributed by atoms with Crippen LogP contribution in [0.25, 0.3) is 0 Å². The summed E-state index contributed by atoms with van der Waals surface area (Å²) in [6, 6.07) is 0.451. The number of aryl methyl sites for hydroxylation is 1. The quantitative estimate of drug-likeness (QED) is 0.897. The van der Waals surface area contributed by atoms with E-state index in [1.165, 1.54) is 36.6 Å². The van der Waals surface area contributed by atoms with Gasteiger partial charge in [0.2, 0.25) is 0 Å². The fourth-order valence-electron chi connectivity index (χ4n) is 3.24. The Bertz CT molecular complexity index is 382. The zero-order valence-electron chi connectivity index (χ0n) is 10.1. The Kier molecular flexibility index (Phi) is 4.08. The third-order valence-corrected chi connectivity index (χ3v) is 4.86. The Morgan fingerprint density at radius 2 is 2.29 bits per heavy atom. The lowest BCUT2D eigenvalue weighted by molar-refractivity contribution is 0.295. The summed E-state index contributed by atoms with van der Waals surface area (Å²) in [5.74, 6) is 1.61. The summed E-state index contributed by atoms with van der Waals surface area (Å²) in [5.41, 5.74) is 7.37. The van der Waals surface area contributed by atoms with Crippen LogP contribution in [0.3, 0.4) is 0 Å². The van der Waals surface area contributed by atoms with Crippen molar-refractivity contribution in [3.63, 3.8) is 0 Å². The molecule has 5 heteroatoms. The lowest BCUT2D eigenvalue weighted by Gasteiger charge is -2.16. The molecule has 96 valence electrons. The van der Waals surface area contributed by atoms with Crippen LogP contribution in [0.1, 0.15) is 23.5 Å². The van der Waals surface area contributed by atoms with Crippen molar-refractivity contribution in [3.05, 3.63) is 16.1 Å². The molecule has 0 aromatic carbocycles. The van der Waals surface area contributed by atoms with E-state index in [4.69, 9.17) is 5.73 Å². The third kappa shape index (κ3) is 2.65. The van der Waals surface area contributed by atoms with Gasteiger partial charge in [-0.05, 0) is 31.6 Å². The largest absolute Gasteiger partial charge is 0.327 e. The number of thiazole rings is 1. The number of likely N-dealkylation sites (tertiary alicyclic amines) is 1. The number of hydrogen-bond donors (Lipinski definition) is 1. The molecule has 2 aliphatic rings. The molecule has 2 N–H and O–H groups in total. The highest BCUT2D eigenvalue weighted by molar-refractivity contribution is 7.09. The number of fused-ring (bicyclic) bond motifs is 1. The zero-order chi connectivity index (χ0) is 11.1. The lowest BCUT2D eigenvalue weighted by atomic mass is 9.98. The van der Waals surface area contributed by atoms with Crippen molar-refractivity contribution in [2.24, 2.45) is 17.6 Å². The number of rotatable bonds is 2. The van der Waals surface area contributed by atoms with Gasteiger partial charge in [0.1, 0.15) is 0 Å². The first-order valence-electron chi connectivity index (χ1n) is 6.11. The van der Waals surface area contributed by atoms with Gasteiger partial charge < -0.3 is 5.73 Å². The Balaban J connectivity index is 0.00000108. The average molecular weight is 274 g/mol. The molecule has 2 fully saturated rings. The fourth-order valence-corrected chi connectivity index (χ4v) is 3.84. The van der Waals surface area contributed by atoms with E-state index >= 15 is 0 Å². The number of nitrogens with zero attached hydrogens (tertiary/aromatic N) is 2. The summed E-state index contributed by atoms with van der Waals surface area (Å²) >= 11 is 1.75. The Labute approximate surface area is 113 Å². The molecule has 3 unspecified atom stereocenters. The van der Waals surface area contributed by atoms with Crippen LogP contribution in [0, 0.1) is 18.8 Å². The molecule has 0 radical (unpaired) electrons. The first-order chi connectivity index (χ1) is 7.72. The van der Waals surface area contributed by atoms with Crippen LogP contribution in [-0.2, 0) is 6.54 Å². The maximum atomic E-state index is 6.14. The normalized spacial score (nSPS) is 32.5. The molecule has 3 atom stereocenters. The maximum Gasteiger partial charge on any atom is 0.0897 e. The van der Waals surface area contributed by atoms with Crippen molar-refractivity contribution in [3.8, 4) is 0 Å². The van der Waals surface area contributed by atoms with E-state index in [0.29, 0.717) is 6.04 Å². The van der Waals surface area contributed by atoms with Crippen LogP contribution in [0.5, 0.6) is 0 Å². The molecule has 1 saturated carbocycles. The van der Waals surface area contributed by atoms with Crippen molar-refractivity contribution in [2.75, 3.05) is 13.1 Å². The van der Waals surface area contributed by atoms with Crippen LogP contribution in [0.2, 0.25) is 0 Å². The first-order valence-corrected chi connectivity index (χ1v) is 6.99. The molecule has 1 saturated heterocycles. The number of aromatic nitrogens is 1. The SMILES string of the molecule is Cc1nc(CN2CC3CCC(N)C3C2)cs1.Cl. The van der Waals surface area contributed by atoms with E-state index < -0.39 is 0 Å². The fraction of sp³-hybridized carbons (Fsp3) is 0.750. The summed E-state index contributed by atoms with van der Waals surface area (Å²) in [5, 5.41) is 3.36. The first kappa shape index (κ1) is 13.3. The van der Waals surface area contributed by atoms with Crippen molar-refractivity contribution in [1.29, 1.82) is 0 Å². The minimum absolute atomic E-state index is 0. The summed E-state index contributed by atoms with van der Waals surface area (Å²) < 4.78 is 0. The van der Waals surface area contributed by atoms with Gasteiger partial charge in [0.25, 0.3) is 0 Å². The third-order valence-electron chi connectivity index (χ3n) is 4.04. The predicted molar refractivity (Wildman–Crippen MR) is 73.6 cm³/mol. The number of halogens is 1. The summed E-state index contributed by atoms with van der Waals surface area (Å²) in [6.07, 6.45) is 2.57. The maximum absolute atomic E-state index is 6.14. The van der Waals surface area contributed by atoms with E-state index in [9.17, 15) is 0 Å². The van der Waals surface area contributed by atoms with E-state index in [0.717, 1.165) is 18.4 Å². The van der Waals surface area contributed by atoms with Gasteiger partial charge in [-0.3, -0.25) is 4.90 Å². The molecular formula is C12H20ClN3S. The molecule has 2 heterocycles. The van der Waals surface area contributed by atoms with Crippen LogP contribution < -0.4 is 5.73 Å². The van der Waals surface area contributed by atoms with Gasteiger partial charge in [-0.1, -0.05) is 0 Å². The molecule has 3 nitrogen and oxygen atoms in total. The topological polar surface area (TPSA) is 42.2 Å². The summed E-state index contributed by atoms with van der Waals surface area (Å²) in [4.78, 5) is 7.06. The van der Waals surface area contributed by atoms with Gasteiger partial charge in [0, 0.05) is 31.1 Å². The number of hydrogen-bond acceptors (Lipinski definition) is 4. The average Bonchev–Trinajstić information content (AvgIpc) is 2.88. The van der Waals surface area contributed by atoms with Crippen molar-refractivity contribution < 1.29 is 0 Å². The van der Waals surface area contributed by atoms with Crippen LogP contribution in [0.15, 0.2) is 5.38 Å². The summed E-state index contributed by atoms with van der Waals surface area (Å²) in [6.45, 7) is 5.50. The Morgan fingerprint density at radius 3 is 2.94 bits per heavy atom. The predicted octanol–water partition coefficient (Wildman–Crippen LogP) is 2.04. The van der Waals surface area contributed by atoms with Gasteiger partial charge in [-0.25, -0.2) is 4.98 Å². The smallest absolute Gasteiger partial charge is 0.0897 e. The Morgan fingerprint density at radius 1 is 1.47 bits per heavy atom. The van der Waals surface area contributed by atoms with E-state index in [1.54, 1.807) is 11.3 Å². The highest BCUT2D eigenvalue weighted by atomic mass is 35.5. The van der Waals surface area contributed by atoms with Crippen LogP contribution in [-0.4, -0.2) is 29.0 Å². The zero-order valence-corrected chi connectivity index (χ0v) is 11.8. The van der Waals surface area contributed by atoms with E-state index in [1.807, 2.05) is 0 Å². The van der Waals surface area contributed by atoms with Crippen molar-refractivity contribution >= 4 is 23.7 Å². The second kappa shape index (κ2) is 5.22. The second-order valence-electron chi connectivity index (χ2n) is 5.22. The molecule has 0 amide bonds. The van der Waals surface area contributed by atoms with E-state index in [2.05, 4.69) is 22.2 Å². The van der Waals surface area contributed by atoms with Crippen LogP contribution in [0.4, 0.5) is 0 Å². The van der Waals surface area contributed by atoms with E-state index in [-0.39, 0.29) is 12.4 Å².